The standard InChI is InChI=1S/2C27H37N3O7S.H2O/c2*1-18(2)15-30(38(33,34)21-10-8-20(28)9-11-21)16-24(31)23(14-19-6-4-3-5-7-19)29-27(32)37-25-17-36-26-22(25)12-13-35-26;/h2*3-11,18,22-26,31H,12-17,28H2,1-2H3,(H,29,32);1H2/t2*22-,23?,24?,25-,26+;/m00./s1. The number of aliphatic hydroxyl groups is 2. The average molecular weight is 1110 g/mol. The van der Waals surface area contributed by atoms with Crippen LogP contribution in [0, 0.1) is 23.7 Å². The number of nitrogens with one attached hydrogen (secondary N) is 2. The molecule has 21 nitrogen and oxygen atoms in total. The fourth-order valence-corrected chi connectivity index (χ4v) is 12.9. The van der Waals surface area contributed by atoms with Crippen molar-refractivity contribution >= 4 is 43.6 Å². The molecular weight excluding hydrogens is 1040 g/mol. The van der Waals surface area contributed by atoms with Crippen LogP contribution in [0.3, 0.4) is 0 Å². The van der Waals surface area contributed by atoms with Crippen LogP contribution in [0.1, 0.15) is 51.7 Å². The highest BCUT2D eigenvalue weighted by molar-refractivity contribution is 7.89. The maximum atomic E-state index is 13.5. The summed E-state index contributed by atoms with van der Waals surface area (Å²) in [5.74, 6) is -0.0462. The molecule has 4 heterocycles. The third-order valence-electron chi connectivity index (χ3n) is 13.6. The predicted molar refractivity (Wildman–Crippen MR) is 287 cm³/mol. The molecule has 0 aromatic heterocycles. The Bertz CT molecular complexity index is 2510. The first-order chi connectivity index (χ1) is 36.3. The normalized spacial score (nSPS) is 22.5. The number of nitrogens with zero attached hydrogens (tertiary/aromatic N) is 2. The minimum absolute atomic E-state index is 0. The molecule has 0 bridgehead atoms. The summed E-state index contributed by atoms with van der Waals surface area (Å²) < 4.78 is 89.9. The highest BCUT2D eigenvalue weighted by atomic mass is 32.2. The van der Waals surface area contributed by atoms with Gasteiger partial charge in [0.2, 0.25) is 20.0 Å². The van der Waals surface area contributed by atoms with Gasteiger partial charge in [-0.1, -0.05) is 88.4 Å². The third-order valence-corrected chi connectivity index (χ3v) is 17.3. The van der Waals surface area contributed by atoms with Gasteiger partial charge in [0, 0.05) is 37.6 Å². The number of rotatable bonds is 22. The Kier molecular flexibility index (Phi) is 22.0. The SMILES string of the molecule is CC(C)CN(CC(O)C(Cc1ccccc1)NC(=O)O[C@H]1CO[C@H]2OCC[C@H]21)S(=O)(=O)c1ccc(N)cc1.CC(C)CN(CC(O)C(Cc1ccccc1)NC(=O)O[C@H]1CO[C@H]2OCC[C@H]21)S(=O)(=O)c1ccc(N)cc1.O. The van der Waals surface area contributed by atoms with E-state index >= 15 is 0 Å². The number of anilines is 2. The van der Waals surface area contributed by atoms with Crippen LogP contribution >= 0.6 is 0 Å². The molecule has 8 rings (SSSR count). The average Bonchev–Trinajstić information content (AvgIpc) is 4.20. The molecule has 0 spiro atoms. The molecule has 0 radical (unpaired) electrons. The van der Waals surface area contributed by atoms with Crippen molar-refractivity contribution in [3.05, 3.63) is 120 Å². The first kappa shape index (κ1) is 60.8. The molecule has 4 aromatic rings. The van der Waals surface area contributed by atoms with Crippen LogP contribution in [0.25, 0.3) is 0 Å². The molecule has 4 aliphatic rings. The topological polar surface area (TPSA) is 312 Å². The van der Waals surface area contributed by atoms with E-state index < -0.39 is 68.7 Å². The van der Waals surface area contributed by atoms with Crippen molar-refractivity contribution in [2.45, 2.75) is 112 Å². The van der Waals surface area contributed by atoms with E-state index in [9.17, 15) is 36.6 Å². The van der Waals surface area contributed by atoms with E-state index in [1.807, 2.05) is 88.4 Å². The van der Waals surface area contributed by atoms with E-state index in [2.05, 4.69) is 10.6 Å². The maximum Gasteiger partial charge on any atom is 0.407 e. The fraction of sp³-hybridized carbons (Fsp3) is 0.519. The lowest BCUT2D eigenvalue weighted by atomic mass is 10.0. The summed E-state index contributed by atoms with van der Waals surface area (Å²) in [7, 11) is -7.86. The van der Waals surface area contributed by atoms with Crippen molar-refractivity contribution < 1.29 is 70.5 Å². The van der Waals surface area contributed by atoms with Gasteiger partial charge in [-0.15, -0.1) is 0 Å². The Balaban J connectivity index is 0.000000246. The second-order valence-corrected chi connectivity index (χ2v) is 24.4. The van der Waals surface area contributed by atoms with Crippen molar-refractivity contribution in [1.29, 1.82) is 0 Å². The molecule has 4 unspecified atom stereocenters. The lowest BCUT2D eigenvalue weighted by Crippen LogP contribution is -2.51. The summed E-state index contributed by atoms with van der Waals surface area (Å²) in [5.41, 5.74) is 14.1. The number of alkyl carbamates (subject to hydrolysis) is 2. The molecule has 4 saturated heterocycles. The number of nitrogen functional groups attached to an aromatic ring is 2. The molecule has 0 aliphatic carbocycles. The number of fused-ring (bicyclic) bond motifs is 2. The van der Waals surface area contributed by atoms with Gasteiger partial charge in [-0.25, -0.2) is 26.4 Å². The largest absolute Gasteiger partial charge is 0.443 e. The molecule has 4 fully saturated rings. The van der Waals surface area contributed by atoms with Gasteiger partial charge >= 0.3 is 12.2 Å². The van der Waals surface area contributed by atoms with Crippen molar-refractivity contribution in [3.8, 4) is 0 Å². The molecule has 4 aliphatic heterocycles. The number of ether oxygens (including phenoxy) is 6. The van der Waals surface area contributed by atoms with Gasteiger partial charge in [0.25, 0.3) is 0 Å². The quantitative estimate of drug-likeness (QED) is 0.0608. The molecule has 23 heteroatoms. The minimum Gasteiger partial charge on any atom is -0.443 e. The first-order valence-corrected chi connectivity index (χ1v) is 28.7. The lowest BCUT2D eigenvalue weighted by Gasteiger charge is -2.31. The van der Waals surface area contributed by atoms with Gasteiger partial charge in [-0.05, 0) is 97.2 Å². The zero-order valence-corrected chi connectivity index (χ0v) is 45.6. The second kappa shape index (κ2) is 27.9. The Morgan fingerprint density at radius 2 is 0.922 bits per heavy atom. The number of hydrogen-bond donors (Lipinski definition) is 6. The van der Waals surface area contributed by atoms with E-state index in [4.69, 9.17) is 39.9 Å². The van der Waals surface area contributed by atoms with E-state index in [-0.39, 0.29) is 104 Å². The number of aliphatic hydroxyl groups excluding tert-OH is 2. The fourth-order valence-electron chi connectivity index (χ4n) is 9.65. The monoisotopic (exact) mass is 1110 g/mol. The molecule has 10 N–H and O–H groups in total. The number of hydrogen-bond acceptors (Lipinski definition) is 16. The summed E-state index contributed by atoms with van der Waals surface area (Å²) in [5, 5.41) is 28.2. The Hall–Kier alpha value is -5.44. The van der Waals surface area contributed by atoms with E-state index in [0.29, 0.717) is 24.6 Å². The summed E-state index contributed by atoms with van der Waals surface area (Å²) in [6.45, 7) is 9.16. The first-order valence-electron chi connectivity index (χ1n) is 25.8. The van der Waals surface area contributed by atoms with Gasteiger partial charge in [-0.3, -0.25) is 0 Å². The molecule has 2 amide bonds. The van der Waals surface area contributed by atoms with Crippen molar-refractivity contribution in [2.75, 3.05) is 64.1 Å². The second-order valence-electron chi connectivity index (χ2n) is 20.5. The number of amides is 2. The molecule has 10 atom stereocenters. The number of carbonyl (C=O) groups is 2. The van der Waals surface area contributed by atoms with Gasteiger partial charge < -0.3 is 66.2 Å². The van der Waals surface area contributed by atoms with Gasteiger partial charge in [-0.2, -0.15) is 8.61 Å². The van der Waals surface area contributed by atoms with Crippen LogP contribution in [0.5, 0.6) is 0 Å². The van der Waals surface area contributed by atoms with Gasteiger partial charge in [0.05, 0.1) is 72.3 Å². The Labute approximate surface area is 451 Å². The molecule has 4 aromatic carbocycles. The summed E-state index contributed by atoms with van der Waals surface area (Å²) in [6.07, 6.45) is -3.37. The van der Waals surface area contributed by atoms with Crippen LogP contribution in [0.2, 0.25) is 0 Å². The summed E-state index contributed by atoms with van der Waals surface area (Å²) in [4.78, 5) is 26.0. The molecule has 0 saturated carbocycles. The number of nitrogens with two attached hydrogens (primary N) is 2. The Morgan fingerprint density at radius 1 is 0.571 bits per heavy atom. The third kappa shape index (κ3) is 16.8. The van der Waals surface area contributed by atoms with Crippen LogP contribution < -0.4 is 22.1 Å². The zero-order chi connectivity index (χ0) is 54.6. The van der Waals surface area contributed by atoms with Gasteiger partial charge in [0.1, 0.15) is 12.2 Å². The minimum atomic E-state index is -3.93. The van der Waals surface area contributed by atoms with E-state index in [0.717, 1.165) is 24.0 Å². The summed E-state index contributed by atoms with van der Waals surface area (Å²) >= 11 is 0. The van der Waals surface area contributed by atoms with Crippen LogP contribution in [0.15, 0.2) is 119 Å². The highest BCUT2D eigenvalue weighted by Crippen LogP contribution is 2.34. The summed E-state index contributed by atoms with van der Waals surface area (Å²) in [6, 6.07) is 29.0. The molecular formula is C54H76N6O15S2. The maximum absolute atomic E-state index is 13.5. The van der Waals surface area contributed by atoms with Crippen molar-refractivity contribution in [1.82, 2.24) is 19.2 Å². The predicted octanol–water partition coefficient (Wildman–Crippen LogP) is 3.93. The van der Waals surface area contributed by atoms with Crippen molar-refractivity contribution in [2.24, 2.45) is 23.7 Å². The van der Waals surface area contributed by atoms with Crippen LogP contribution in [-0.2, 0) is 61.3 Å². The highest BCUT2D eigenvalue weighted by Gasteiger charge is 2.45. The smallest absolute Gasteiger partial charge is 0.407 e. The van der Waals surface area contributed by atoms with E-state index in [1.54, 1.807) is 0 Å². The number of benzene rings is 4. The molecule has 424 valence electrons. The Morgan fingerprint density at radius 3 is 1.26 bits per heavy atom. The van der Waals surface area contributed by atoms with E-state index in [1.165, 1.54) is 57.1 Å². The van der Waals surface area contributed by atoms with Crippen LogP contribution in [0.4, 0.5) is 21.0 Å². The van der Waals surface area contributed by atoms with Crippen molar-refractivity contribution in [3.63, 3.8) is 0 Å². The number of carbonyl (C=O) groups excluding carboxylic acids is 2. The number of sulfonamides is 2. The lowest BCUT2D eigenvalue weighted by molar-refractivity contribution is -0.0909. The van der Waals surface area contributed by atoms with Crippen LogP contribution in [-0.4, -0.2) is 155 Å². The molecule has 77 heavy (non-hydrogen) atoms. The van der Waals surface area contributed by atoms with Gasteiger partial charge in [0.15, 0.2) is 12.6 Å². The zero-order valence-electron chi connectivity index (χ0n) is 44.0.